The lowest BCUT2D eigenvalue weighted by Gasteiger charge is -2.22. The van der Waals surface area contributed by atoms with Gasteiger partial charge in [0.1, 0.15) is 5.75 Å². The Bertz CT molecular complexity index is 1450. The van der Waals surface area contributed by atoms with Crippen molar-refractivity contribution in [3.63, 3.8) is 0 Å². The Morgan fingerprint density at radius 1 is 0.854 bits per heavy atom. The molecule has 0 aliphatic heterocycles. The SMILES string of the molecule is COc1ccc(/C=C/C(=O)N(CCCc2ccccc2)Cc2cccc(-c3cccc(C(=O)NCCN)c3)c2)cc1. The summed E-state index contributed by atoms with van der Waals surface area (Å²) in [5.74, 6) is 0.586. The molecule has 6 heteroatoms. The van der Waals surface area contributed by atoms with Crippen molar-refractivity contribution in [2.24, 2.45) is 5.73 Å². The van der Waals surface area contributed by atoms with E-state index < -0.39 is 0 Å². The Hall–Kier alpha value is -4.68. The maximum Gasteiger partial charge on any atom is 0.251 e. The summed E-state index contributed by atoms with van der Waals surface area (Å²) in [6.07, 6.45) is 5.22. The highest BCUT2D eigenvalue weighted by atomic mass is 16.5. The first-order valence-electron chi connectivity index (χ1n) is 13.9. The first kappa shape index (κ1) is 29.3. The maximum absolute atomic E-state index is 13.4. The van der Waals surface area contributed by atoms with E-state index in [1.54, 1.807) is 19.3 Å². The molecule has 4 aromatic rings. The lowest BCUT2D eigenvalue weighted by molar-refractivity contribution is -0.126. The molecule has 0 fully saturated rings. The number of benzene rings is 4. The molecule has 0 aromatic heterocycles. The fourth-order valence-electron chi connectivity index (χ4n) is 4.57. The minimum absolute atomic E-state index is 0.0437. The number of carbonyl (C=O) groups excluding carboxylic acids is 2. The molecule has 2 amide bonds. The van der Waals surface area contributed by atoms with Crippen LogP contribution in [0.3, 0.4) is 0 Å². The summed E-state index contributed by atoms with van der Waals surface area (Å²) in [5.41, 5.74) is 11.2. The van der Waals surface area contributed by atoms with Crippen molar-refractivity contribution >= 4 is 17.9 Å². The fourth-order valence-corrected chi connectivity index (χ4v) is 4.57. The Morgan fingerprint density at radius 3 is 2.29 bits per heavy atom. The summed E-state index contributed by atoms with van der Waals surface area (Å²) in [6, 6.07) is 33.6. The zero-order valence-electron chi connectivity index (χ0n) is 23.5. The molecule has 0 heterocycles. The van der Waals surface area contributed by atoms with E-state index in [0.29, 0.717) is 31.7 Å². The predicted octanol–water partition coefficient (Wildman–Crippen LogP) is 5.73. The van der Waals surface area contributed by atoms with Crippen LogP contribution < -0.4 is 15.8 Å². The van der Waals surface area contributed by atoms with Crippen molar-refractivity contribution in [3.8, 4) is 16.9 Å². The molecule has 6 nitrogen and oxygen atoms in total. The molecule has 3 N–H and O–H groups in total. The Balaban J connectivity index is 1.51. The first-order chi connectivity index (χ1) is 20.1. The molecule has 0 radical (unpaired) electrons. The predicted molar refractivity (Wildman–Crippen MR) is 165 cm³/mol. The van der Waals surface area contributed by atoms with Gasteiger partial charge < -0.3 is 20.7 Å². The number of nitrogens with two attached hydrogens (primary N) is 1. The molecular weight excluding hydrogens is 510 g/mol. The second-order valence-electron chi connectivity index (χ2n) is 9.78. The second-order valence-corrected chi connectivity index (χ2v) is 9.78. The number of nitrogens with one attached hydrogen (secondary N) is 1. The van der Waals surface area contributed by atoms with Crippen LogP contribution in [0.25, 0.3) is 17.2 Å². The van der Waals surface area contributed by atoms with Crippen LogP contribution >= 0.6 is 0 Å². The minimum Gasteiger partial charge on any atom is -0.497 e. The fraction of sp³-hybridized carbons (Fsp3) is 0.200. The van der Waals surface area contributed by atoms with Crippen LogP contribution in [0.5, 0.6) is 5.75 Å². The highest BCUT2D eigenvalue weighted by molar-refractivity contribution is 5.95. The zero-order valence-corrected chi connectivity index (χ0v) is 23.5. The van der Waals surface area contributed by atoms with Gasteiger partial charge in [0.15, 0.2) is 0 Å². The van der Waals surface area contributed by atoms with E-state index in [2.05, 4.69) is 23.5 Å². The number of rotatable bonds is 13. The van der Waals surface area contributed by atoms with Crippen LogP contribution in [0.4, 0.5) is 0 Å². The lowest BCUT2D eigenvalue weighted by atomic mass is 10.0. The monoisotopic (exact) mass is 547 g/mol. The van der Waals surface area contributed by atoms with Gasteiger partial charge in [0.05, 0.1) is 7.11 Å². The van der Waals surface area contributed by atoms with Gasteiger partial charge in [0.25, 0.3) is 5.91 Å². The van der Waals surface area contributed by atoms with Gasteiger partial charge in [-0.3, -0.25) is 9.59 Å². The van der Waals surface area contributed by atoms with E-state index in [1.807, 2.05) is 89.8 Å². The molecule has 0 bridgehead atoms. The molecule has 0 aliphatic carbocycles. The van der Waals surface area contributed by atoms with E-state index >= 15 is 0 Å². The second kappa shape index (κ2) is 15.2. The molecule has 0 spiro atoms. The van der Waals surface area contributed by atoms with Crippen LogP contribution in [-0.2, 0) is 17.8 Å². The lowest BCUT2D eigenvalue weighted by Crippen LogP contribution is -2.30. The molecule has 4 rings (SSSR count). The number of carbonyl (C=O) groups is 2. The van der Waals surface area contributed by atoms with Crippen molar-refractivity contribution < 1.29 is 14.3 Å². The highest BCUT2D eigenvalue weighted by Gasteiger charge is 2.13. The average molecular weight is 548 g/mol. The van der Waals surface area contributed by atoms with Crippen molar-refractivity contribution in [1.82, 2.24) is 10.2 Å². The number of methoxy groups -OCH3 is 1. The van der Waals surface area contributed by atoms with E-state index in [0.717, 1.165) is 40.8 Å². The van der Waals surface area contributed by atoms with Crippen LogP contribution in [0.2, 0.25) is 0 Å². The largest absolute Gasteiger partial charge is 0.497 e. The molecule has 0 saturated heterocycles. The normalized spacial score (nSPS) is 10.9. The molecular formula is C35H37N3O3. The average Bonchev–Trinajstić information content (AvgIpc) is 3.03. The third-order valence-corrected chi connectivity index (χ3v) is 6.77. The van der Waals surface area contributed by atoms with E-state index in [4.69, 9.17) is 10.5 Å². The van der Waals surface area contributed by atoms with E-state index in [9.17, 15) is 9.59 Å². The maximum atomic E-state index is 13.4. The smallest absolute Gasteiger partial charge is 0.251 e. The van der Waals surface area contributed by atoms with Gasteiger partial charge in [0, 0.05) is 37.8 Å². The molecule has 0 unspecified atom stereocenters. The number of aryl methyl sites for hydroxylation is 1. The van der Waals surface area contributed by atoms with Gasteiger partial charge in [-0.05, 0) is 77.1 Å². The van der Waals surface area contributed by atoms with Gasteiger partial charge in [-0.1, -0.05) is 72.8 Å². The number of hydrogen-bond acceptors (Lipinski definition) is 4. The summed E-state index contributed by atoms with van der Waals surface area (Å²) < 4.78 is 5.23. The molecule has 4 aromatic carbocycles. The molecule has 0 atom stereocenters. The number of hydrogen-bond donors (Lipinski definition) is 2. The van der Waals surface area contributed by atoms with Crippen LogP contribution in [0.1, 0.15) is 33.5 Å². The van der Waals surface area contributed by atoms with Crippen molar-refractivity contribution in [3.05, 3.63) is 131 Å². The third-order valence-electron chi connectivity index (χ3n) is 6.77. The summed E-state index contributed by atoms with van der Waals surface area (Å²) in [6.45, 7) is 1.93. The molecule has 41 heavy (non-hydrogen) atoms. The van der Waals surface area contributed by atoms with Crippen LogP contribution in [0, 0.1) is 0 Å². The van der Waals surface area contributed by atoms with Crippen LogP contribution in [-0.4, -0.2) is 43.5 Å². The van der Waals surface area contributed by atoms with Gasteiger partial charge in [-0.15, -0.1) is 0 Å². The molecule has 0 aliphatic rings. The third kappa shape index (κ3) is 8.92. The highest BCUT2D eigenvalue weighted by Crippen LogP contribution is 2.23. The topological polar surface area (TPSA) is 84.7 Å². The van der Waals surface area contributed by atoms with Gasteiger partial charge >= 0.3 is 0 Å². The number of ether oxygens (including phenoxy) is 1. The van der Waals surface area contributed by atoms with E-state index in [-0.39, 0.29) is 11.8 Å². The van der Waals surface area contributed by atoms with Crippen LogP contribution in [0.15, 0.2) is 109 Å². The first-order valence-corrected chi connectivity index (χ1v) is 13.9. The number of nitrogens with zero attached hydrogens (tertiary/aromatic N) is 1. The van der Waals surface area contributed by atoms with Crippen molar-refractivity contribution in [1.29, 1.82) is 0 Å². The zero-order chi connectivity index (χ0) is 28.9. The Kier molecular flexibility index (Phi) is 10.9. The van der Waals surface area contributed by atoms with Gasteiger partial charge in [0.2, 0.25) is 5.91 Å². The molecule has 210 valence electrons. The van der Waals surface area contributed by atoms with Gasteiger partial charge in [-0.2, -0.15) is 0 Å². The number of amides is 2. The van der Waals surface area contributed by atoms with Crippen molar-refractivity contribution in [2.75, 3.05) is 26.7 Å². The standard InChI is InChI=1S/C35H37N3O3/c1-41-33-18-15-28(16-19-33)17-20-34(39)38(23-7-11-27-8-3-2-4-9-27)26-29-10-5-12-30(24-29)31-13-6-14-32(25-31)35(40)37-22-21-36/h2-6,8-10,12-20,24-25H,7,11,21-23,26,36H2,1H3,(H,37,40)/b20-17+. The van der Waals surface area contributed by atoms with Crippen molar-refractivity contribution in [2.45, 2.75) is 19.4 Å². The Labute approximate surface area is 242 Å². The summed E-state index contributed by atoms with van der Waals surface area (Å²) in [7, 11) is 1.63. The van der Waals surface area contributed by atoms with E-state index in [1.165, 1.54) is 5.56 Å². The summed E-state index contributed by atoms with van der Waals surface area (Å²) in [5, 5.41) is 2.82. The molecule has 0 saturated carbocycles. The van der Waals surface area contributed by atoms with Gasteiger partial charge in [-0.25, -0.2) is 0 Å². The summed E-state index contributed by atoms with van der Waals surface area (Å²) >= 11 is 0. The summed E-state index contributed by atoms with van der Waals surface area (Å²) in [4.78, 5) is 27.7. The Morgan fingerprint density at radius 2 is 1.56 bits per heavy atom. The minimum atomic E-state index is -0.146. The quantitative estimate of drug-likeness (QED) is 0.210.